The summed E-state index contributed by atoms with van der Waals surface area (Å²) in [6.45, 7) is -0.0958. The largest absolute Gasteiger partial charge is 0.394 e. The van der Waals surface area contributed by atoms with Crippen LogP contribution in [0.4, 0.5) is 5.82 Å². The van der Waals surface area contributed by atoms with Crippen molar-refractivity contribution in [3.8, 4) is 0 Å². The first kappa shape index (κ1) is 11.3. The third kappa shape index (κ3) is 1.62. The van der Waals surface area contributed by atoms with Crippen LogP contribution in [0.5, 0.6) is 0 Å². The predicted octanol–water partition coefficient (Wildman–Crippen LogP) is -0.984. The smallest absolute Gasteiger partial charge is 0.167 e. The molecular formula is C10H14N6O2. The molecule has 96 valence electrons. The van der Waals surface area contributed by atoms with Gasteiger partial charge in [0.05, 0.1) is 19.0 Å². The molecule has 1 aliphatic rings. The van der Waals surface area contributed by atoms with Crippen LogP contribution in [-0.2, 0) is 4.74 Å². The average molecular weight is 250 g/mol. The summed E-state index contributed by atoms with van der Waals surface area (Å²) >= 11 is 0. The Kier molecular flexibility index (Phi) is 2.62. The van der Waals surface area contributed by atoms with Crippen LogP contribution in [-0.4, -0.2) is 43.4 Å². The van der Waals surface area contributed by atoms with Crippen LogP contribution in [0.15, 0.2) is 12.7 Å². The molecule has 0 bridgehead atoms. The molecule has 0 saturated carbocycles. The highest BCUT2D eigenvalue weighted by Crippen LogP contribution is 2.30. The number of fused-ring (bicyclic) bond motifs is 1. The summed E-state index contributed by atoms with van der Waals surface area (Å²) in [6, 6.07) is -0.198. The van der Waals surface area contributed by atoms with Crippen molar-refractivity contribution in [2.75, 3.05) is 12.3 Å². The molecule has 0 spiro atoms. The molecule has 3 atom stereocenters. The summed E-state index contributed by atoms with van der Waals surface area (Å²) in [5.41, 5.74) is 12.8. The van der Waals surface area contributed by atoms with Crippen molar-refractivity contribution < 1.29 is 9.84 Å². The molecule has 0 aromatic carbocycles. The number of ether oxygens (including phenoxy) is 1. The van der Waals surface area contributed by atoms with Crippen molar-refractivity contribution in [1.82, 2.24) is 19.5 Å². The van der Waals surface area contributed by atoms with Gasteiger partial charge in [-0.05, 0) is 0 Å². The molecule has 0 unspecified atom stereocenters. The van der Waals surface area contributed by atoms with E-state index in [0.717, 1.165) is 0 Å². The van der Waals surface area contributed by atoms with Gasteiger partial charge in [-0.2, -0.15) is 0 Å². The minimum absolute atomic E-state index is 0.0958. The van der Waals surface area contributed by atoms with Crippen molar-refractivity contribution in [1.29, 1.82) is 0 Å². The van der Waals surface area contributed by atoms with Gasteiger partial charge in [0.25, 0.3) is 0 Å². The second-order valence-electron chi connectivity index (χ2n) is 4.29. The van der Waals surface area contributed by atoms with E-state index in [1.54, 1.807) is 10.9 Å². The average Bonchev–Trinajstić information content (AvgIpc) is 2.93. The van der Waals surface area contributed by atoms with Crippen molar-refractivity contribution in [2.24, 2.45) is 5.73 Å². The second kappa shape index (κ2) is 4.16. The van der Waals surface area contributed by atoms with E-state index in [0.29, 0.717) is 23.4 Å². The first-order chi connectivity index (χ1) is 8.70. The van der Waals surface area contributed by atoms with Crippen LogP contribution in [0, 0.1) is 0 Å². The summed E-state index contributed by atoms with van der Waals surface area (Å²) in [5.74, 6) is 0.333. The molecule has 3 rings (SSSR count). The Hall–Kier alpha value is -1.77. The topological polar surface area (TPSA) is 125 Å². The Balaban J connectivity index is 1.99. The molecule has 3 heterocycles. The summed E-state index contributed by atoms with van der Waals surface area (Å²) < 4.78 is 7.43. The minimum Gasteiger partial charge on any atom is -0.394 e. The number of anilines is 1. The van der Waals surface area contributed by atoms with Gasteiger partial charge in [-0.15, -0.1) is 0 Å². The van der Waals surface area contributed by atoms with Crippen LogP contribution in [0.1, 0.15) is 12.6 Å². The van der Waals surface area contributed by atoms with E-state index in [4.69, 9.17) is 21.3 Å². The van der Waals surface area contributed by atoms with Crippen LogP contribution >= 0.6 is 0 Å². The highest BCUT2D eigenvalue weighted by molar-refractivity contribution is 5.81. The molecule has 1 saturated heterocycles. The first-order valence-corrected chi connectivity index (χ1v) is 5.65. The number of aromatic nitrogens is 4. The maximum atomic E-state index is 9.13. The fraction of sp³-hybridized carbons (Fsp3) is 0.500. The van der Waals surface area contributed by atoms with E-state index < -0.39 is 0 Å². The lowest BCUT2D eigenvalue weighted by atomic mass is 10.1. The minimum atomic E-state index is -0.355. The van der Waals surface area contributed by atoms with E-state index in [-0.39, 0.29) is 25.0 Å². The van der Waals surface area contributed by atoms with Gasteiger partial charge in [0.1, 0.15) is 18.1 Å². The zero-order valence-electron chi connectivity index (χ0n) is 9.60. The van der Waals surface area contributed by atoms with Crippen molar-refractivity contribution in [3.05, 3.63) is 12.7 Å². The second-order valence-corrected chi connectivity index (χ2v) is 4.29. The number of aliphatic hydroxyl groups is 1. The van der Waals surface area contributed by atoms with Crippen LogP contribution in [0.3, 0.4) is 0 Å². The standard InChI is InChI=1S/C10H14N6O2/c11-5-1-7(18-6(5)2-17)16-4-15-8-9(12)13-3-14-10(8)16/h3-7,17H,1-2,11H2,(H2,12,13,14)/t5-,6+,7+/m1/s1. The van der Waals surface area contributed by atoms with Crippen LogP contribution < -0.4 is 11.5 Å². The van der Waals surface area contributed by atoms with Crippen LogP contribution in [0.25, 0.3) is 11.2 Å². The SMILES string of the molecule is Nc1ncnc2c1ncn2[C@@H]1C[C@@H](N)[C@H](CO)O1. The van der Waals surface area contributed by atoms with E-state index in [2.05, 4.69) is 15.0 Å². The first-order valence-electron chi connectivity index (χ1n) is 5.65. The lowest BCUT2D eigenvalue weighted by molar-refractivity contribution is -0.0233. The number of nitrogens with two attached hydrogens (primary N) is 2. The van der Waals surface area contributed by atoms with Gasteiger partial charge in [-0.3, -0.25) is 4.57 Å². The maximum absolute atomic E-state index is 9.13. The lowest BCUT2D eigenvalue weighted by Crippen LogP contribution is -2.32. The Morgan fingerprint density at radius 2 is 2.28 bits per heavy atom. The van der Waals surface area contributed by atoms with Crippen LogP contribution in [0.2, 0.25) is 0 Å². The molecule has 8 nitrogen and oxygen atoms in total. The van der Waals surface area contributed by atoms with E-state index in [9.17, 15) is 0 Å². The van der Waals surface area contributed by atoms with Crippen molar-refractivity contribution >= 4 is 17.0 Å². The van der Waals surface area contributed by atoms with E-state index in [1.807, 2.05) is 0 Å². The number of rotatable bonds is 2. The molecule has 5 N–H and O–H groups in total. The van der Waals surface area contributed by atoms with Crippen molar-refractivity contribution in [2.45, 2.75) is 24.8 Å². The summed E-state index contributed by atoms with van der Waals surface area (Å²) in [6.07, 6.45) is 2.95. The fourth-order valence-corrected chi connectivity index (χ4v) is 2.18. The molecule has 0 radical (unpaired) electrons. The summed E-state index contributed by atoms with van der Waals surface area (Å²) in [7, 11) is 0. The van der Waals surface area contributed by atoms with Crippen molar-refractivity contribution in [3.63, 3.8) is 0 Å². The fourth-order valence-electron chi connectivity index (χ4n) is 2.18. The monoisotopic (exact) mass is 250 g/mol. The summed E-state index contributed by atoms with van der Waals surface area (Å²) in [5, 5.41) is 9.13. The summed E-state index contributed by atoms with van der Waals surface area (Å²) in [4.78, 5) is 12.2. The number of nitrogens with zero attached hydrogens (tertiary/aromatic N) is 4. The molecule has 1 aliphatic heterocycles. The van der Waals surface area contributed by atoms with Gasteiger partial charge in [0, 0.05) is 12.5 Å². The van der Waals surface area contributed by atoms with Gasteiger partial charge in [0.2, 0.25) is 0 Å². The third-order valence-corrected chi connectivity index (χ3v) is 3.16. The molecule has 0 amide bonds. The Bertz CT molecular complexity index is 570. The maximum Gasteiger partial charge on any atom is 0.167 e. The number of nitrogen functional groups attached to an aromatic ring is 1. The highest BCUT2D eigenvalue weighted by atomic mass is 16.5. The van der Waals surface area contributed by atoms with Gasteiger partial charge >= 0.3 is 0 Å². The Labute approximate surface area is 103 Å². The number of imidazole rings is 1. The zero-order valence-corrected chi connectivity index (χ0v) is 9.60. The highest BCUT2D eigenvalue weighted by Gasteiger charge is 2.34. The molecule has 1 fully saturated rings. The number of aliphatic hydroxyl groups excluding tert-OH is 1. The Morgan fingerprint density at radius 3 is 3.00 bits per heavy atom. The molecule has 2 aromatic rings. The normalized spacial score (nSPS) is 28.0. The number of hydrogen-bond acceptors (Lipinski definition) is 7. The van der Waals surface area contributed by atoms with E-state index in [1.165, 1.54) is 6.33 Å². The quantitative estimate of drug-likeness (QED) is 0.625. The van der Waals surface area contributed by atoms with E-state index >= 15 is 0 Å². The lowest BCUT2D eigenvalue weighted by Gasteiger charge is -2.13. The van der Waals surface area contributed by atoms with Gasteiger partial charge in [-0.1, -0.05) is 0 Å². The van der Waals surface area contributed by atoms with Gasteiger partial charge in [0.15, 0.2) is 11.5 Å². The third-order valence-electron chi connectivity index (χ3n) is 3.16. The molecule has 8 heteroatoms. The molecule has 18 heavy (non-hydrogen) atoms. The van der Waals surface area contributed by atoms with Gasteiger partial charge < -0.3 is 21.3 Å². The predicted molar refractivity (Wildman–Crippen MR) is 63.3 cm³/mol. The molecule has 2 aromatic heterocycles. The molecular weight excluding hydrogens is 236 g/mol. The number of hydrogen-bond donors (Lipinski definition) is 3. The van der Waals surface area contributed by atoms with Gasteiger partial charge in [-0.25, -0.2) is 15.0 Å². The zero-order chi connectivity index (χ0) is 12.7. The molecule has 0 aliphatic carbocycles. The Morgan fingerprint density at radius 1 is 1.44 bits per heavy atom.